The van der Waals surface area contributed by atoms with Gasteiger partial charge in [0.1, 0.15) is 6.29 Å². The summed E-state index contributed by atoms with van der Waals surface area (Å²) in [6.07, 6.45) is 0.539. The van der Waals surface area contributed by atoms with E-state index in [2.05, 4.69) is 31.9 Å². The Balaban J connectivity index is 3.01. The van der Waals surface area contributed by atoms with E-state index in [1.54, 1.807) is 18.2 Å². The van der Waals surface area contributed by atoms with Gasteiger partial charge in [-0.25, -0.2) is 0 Å². The van der Waals surface area contributed by atoms with Gasteiger partial charge in [0.25, 0.3) is 0 Å². The minimum Gasteiger partial charge on any atom is -0.303 e. The number of carbonyl (C=O) groups is 2. The molecule has 0 unspecified atom stereocenters. The van der Waals surface area contributed by atoms with Gasteiger partial charge < -0.3 is 4.79 Å². The van der Waals surface area contributed by atoms with Crippen molar-refractivity contribution in [2.45, 2.75) is 6.42 Å². The normalized spacial score (nSPS) is 9.69. The summed E-state index contributed by atoms with van der Waals surface area (Å²) in [5.74, 6) is -0.172. The Kier molecular flexibility index (Phi) is 3.81. The summed E-state index contributed by atoms with van der Waals surface area (Å²) in [5.41, 5.74) is 0.537. The summed E-state index contributed by atoms with van der Waals surface area (Å²) in [6, 6.07) is 5.22. The predicted octanol–water partition coefficient (Wildman–Crippen LogP) is 2.98. The van der Waals surface area contributed by atoms with Gasteiger partial charge in [0.15, 0.2) is 5.78 Å². The van der Waals surface area contributed by atoms with Crippen molar-refractivity contribution in [3.05, 3.63) is 32.7 Å². The average molecular weight is 306 g/mol. The van der Waals surface area contributed by atoms with Crippen LogP contribution in [0.3, 0.4) is 0 Å². The number of benzene rings is 1. The number of rotatable bonds is 3. The lowest BCUT2D eigenvalue weighted by Crippen LogP contribution is -2.00. The second-order valence-electron chi connectivity index (χ2n) is 2.42. The monoisotopic (exact) mass is 304 g/mol. The molecule has 0 atom stereocenters. The smallest absolute Gasteiger partial charge is 0.171 e. The fraction of sp³-hybridized carbons (Fsp3) is 0.111. The van der Waals surface area contributed by atoms with Crippen molar-refractivity contribution in [2.75, 3.05) is 0 Å². The van der Waals surface area contributed by atoms with E-state index in [1.807, 2.05) is 0 Å². The standard InChI is InChI=1S/C9H6Br2O2/c10-6-1-2-7(8(11)5-6)9(13)3-4-12/h1-2,4-5H,3H2. The van der Waals surface area contributed by atoms with E-state index in [4.69, 9.17) is 0 Å². The molecule has 0 N–H and O–H groups in total. The molecule has 0 aliphatic carbocycles. The maximum Gasteiger partial charge on any atom is 0.171 e. The molecule has 0 aliphatic rings. The summed E-state index contributed by atoms with van der Waals surface area (Å²) < 4.78 is 1.59. The highest BCUT2D eigenvalue weighted by Gasteiger charge is 2.08. The van der Waals surface area contributed by atoms with E-state index >= 15 is 0 Å². The lowest BCUT2D eigenvalue weighted by Gasteiger charge is -2.00. The highest BCUT2D eigenvalue weighted by molar-refractivity contribution is 9.11. The molecular formula is C9H6Br2O2. The largest absolute Gasteiger partial charge is 0.303 e. The Hall–Kier alpha value is -0.480. The SMILES string of the molecule is O=CCC(=O)c1ccc(Br)cc1Br. The van der Waals surface area contributed by atoms with Crippen molar-refractivity contribution in [3.8, 4) is 0 Å². The molecule has 0 spiro atoms. The van der Waals surface area contributed by atoms with E-state index < -0.39 is 0 Å². The van der Waals surface area contributed by atoms with Gasteiger partial charge in [0.05, 0.1) is 6.42 Å². The van der Waals surface area contributed by atoms with Crippen molar-refractivity contribution in [3.63, 3.8) is 0 Å². The molecule has 0 fully saturated rings. The number of hydrogen-bond donors (Lipinski definition) is 0. The van der Waals surface area contributed by atoms with Crippen LogP contribution in [0.5, 0.6) is 0 Å². The van der Waals surface area contributed by atoms with E-state index in [9.17, 15) is 9.59 Å². The van der Waals surface area contributed by atoms with Gasteiger partial charge in [-0.15, -0.1) is 0 Å². The molecule has 0 saturated carbocycles. The molecule has 0 heterocycles. The lowest BCUT2D eigenvalue weighted by molar-refractivity contribution is -0.107. The minimum absolute atomic E-state index is 0.0692. The quantitative estimate of drug-likeness (QED) is 0.489. The molecule has 68 valence electrons. The molecule has 0 bridgehead atoms. The number of aldehydes is 1. The summed E-state index contributed by atoms with van der Waals surface area (Å²) in [6.45, 7) is 0. The summed E-state index contributed by atoms with van der Waals surface area (Å²) in [4.78, 5) is 21.4. The molecule has 1 rings (SSSR count). The number of carbonyl (C=O) groups excluding carboxylic acids is 2. The highest BCUT2D eigenvalue weighted by atomic mass is 79.9. The van der Waals surface area contributed by atoms with E-state index in [-0.39, 0.29) is 12.2 Å². The molecule has 0 amide bonds. The zero-order valence-electron chi connectivity index (χ0n) is 6.59. The minimum atomic E-state index is -0.172. The maximum absolute atomic E-state index is 11.3. The van der Waals surface area contributed by atoms with Crippen LogP contribution < -0.4 is 0 Å². The molecule has 1 aromatic carbocycles. The van der Waals surface area contributed by atoms with Crippen LogP contribution >= 0.6 is 31.9 Å². The molecule has 0 saturated heterocycles. The molecule has 0 radical (unpaired) electrons. The molecule has 2 nitrogen and oxygen atoms in total. The number of Topliss-reactive ketones (excluding diaryl/α,β-unsaturated/α-hetero) is 1. The van der Waals surface area contributed by atoms with Gasteiger partial charge in [0.2, 0.25) is 0 Å². The Bertz CT molecular complexity index is 347. The van der Waals surface area contributed by atoms with Crippen LogP contribution in [0.1, 0.15) is 16.8 Å². The van der Waals surface area contributed by atoms with Crippen LogP contribution in [0, 0.1) is 0 Å². The van der Waals surface area contributed by atoms with Gasteiger partial charge in [0, 0.05) is 14.5 Å². The van der Waals surface area contributed by atoms with Crippen molar-refractivity contribution in [1.82, 2.24) is 0 Å². The number of ketones is 1. The van der Waals surface area contributed by atoms with Crippen molar-refractivity contribution < 1.29 is 9.59 Å². The maximum atomic E-state index is 11.3. The summed E-state index contributed by atoms with van der Waals surface area (Å²) in [7, 11) is 0. The van der Waals surface area contributed by atoms with Crippen LogP contribution in [0.15, 0.2) is 27.1 Å². The van der Waals surface area contributed by atoms with E-state index in [0.717, 1.165) is 4.47 Å². The molecule has 0 aromatic heterocycles. The number of hydrogen-bond acceptors (Lipinski definition) is 2. The van der Waals surface area contributed by atoms with Crippen molar-refractivity contribution >= 4 is 43.9 Å². The van der Waals surface area contributed by atoms with Crippen LogP contribution in [-0.2, 0) is 4.79 Å². The first kappa shape index (κ1) is 10.6. The molecule has 4 heteroatoms. The Morgan fingerprint density at radius 2 is 2.08 bits per heavy atom. The second kappa shape index (κ2) is 4.67. The number of halogens is 2. The highest BCUT2D eigenvalue weighted by Crippen LogP contribution is 2.22. The third kappa shape index (κ3) is 2.74. The lowest BCUT2D eigenvalue weighted by atomic mass is 10.1. The average Bonchev–Trinajstić information content (AvgIpc) is 2.04. The van der Waals surface area contributed by atoms with Gasteiger partial charge in [-0.1, -0.05) is 31.9 Å². The Morgan fingerprint density at radius 1 is 1.38 bits per heavy atom. The van der Waals surface area contributed by atoms with Gasteiger partial charge in [-0.2, -0.15) is 0 Å². The molecule has 1 aromatic rings. The first-order valence-corrected chi connectivity index (χ1v) is 5.15. The summed E-state index contributed by atoms with van der Waals surface area (Å²) >= 11 is 6.52. The topological polar surface area (TPSA) is 34.1 Å². The molecule has 13 heavy (non-hydrogen) atoms. The van der Waals surface area contributed by atoms with Crippen LogP contribution in [0.25, 0.3) is 0 Å². The Morgan fingerprint density at radius 3 is 2.62 bits per heavy atom. The first-order chi connectivity index (χ1) is 6.15. The fourth-order valence-electron chi connectivity index (χ4n) is 0.901. The first-order valence-electron chi connectivity index (χ1n) is 3.57. The zero-order valence-corrected chi connectivity index (χ0v) is 9.76. The summed E-state index contributed by atoms with van der Waals surface area (Å²) in [5, 5.41) is 0. The fourth-order valence-corrected chi connectivity index (χ4v) is 2.17. The van der Waals surface area contributed by atoms with Gasteiger partial charge >= 0.3 is 0 Å². The van der Waals surface area contributed by atoms with E-state index in [1.165, 1.54) is 0 Å². The predicted molar refractivity (Wildman–Crippen MR) is 56.9 cm³/mol. The molecule has 0 aliphatic heterocycles. The van der Waals surface area contributed by atoms with Crippen LogP contribution in [0.4, 0.5) is 0 Å². The van der Waals surface area contributed by atoms with Gasteiger partial charge in [-0.3, -0.25) is 4.79 Å². The third-order valence-corrected chi connectivity index (χ3v) is 2.65. The molecular weight excluding hydrogens is 300 g/mol. The van der Waals surface area contributed by atoms with Crippen LogP contribution in [-0.4, -0.2) is 12.1 Å². The van der Waals surface area contributed by atoms with Crippen molar-refractivity contribution in [2.24, 2.45) is 0 Å². The third-order valence-electron chi connectivity index (χ3n) is 1.50. The van der Waals surface area contributed by atoms with Crippen molar-refractivity contribution in [1.29, 1.82) is 0 Å². The van der Waals surface area contributed by atoms with Crippen LogP contribution in [0.2, 0.25) is 0 Å². The second-order valence-corrected chi connectivity index (χ2v) is 4.19. The van der Waals surface area contributed by atoms with E-state index in [0.29, 0.717) is 16.3 Å². The Labute approximate surface area is 92.6 Å². The zero-order chi connectivity index (χ0) is 9.84. The van der Waals surface area contributed by atoms with Gasteiger partial charge in [-0.05, 0) is 18.2 Å².